The van der Waals surface area contributed by atoms with Crippen LogP contribution in [0.3, 0.4) is 0 Å². The summed E-state index contributed by atoms with van der Waals surface area (Å²) in [4.78, 5) is 29.7. The predicted octanol–water partition coefficient (Wildman–Crippen LogP) is 2.78. The molecule has 0 radical (unpaired) electrons. The van der Waals surface area contributed by atoms with E-state index >= 15 is 0 Å². The number of carbonyl (C=O) groups is 2. The third-order valence-corrected chi connectivity index (χ3v) is 5.23. The third-order valence-electron chi connectivity index (χ3n) is 4.54. The van der Waals surface area contributed by atoms with E-state index in [1.165, 1.54) is 17.8 Å². The molecule has 3 atom stereocenters. The minimum absolute atomic E-state index is 0.0496. The Balaban J connectivity index is 1.81. The fraction of sp³-hybridized carbons (Fsp3) is 0.643. The van der Waals surface area contributed by atoms with Gasteiger partial charge in [-0.1, -0.05) is 12.8 Å². The molecule has 2 amide bonds. The van der Waals surface area contributed by atoms with E-state index in [1.54, 1.807) is 16.5 Å². The second-order valence-electron chi connectivity index (χ2n) is 5.72. The largest absolute Gasteiger partial charge is 0.480 e. The number of rotatable bonds is 2. The van der Waals surface area contributed by atoms with Gasteiger partial charge in [-0.25, -0.2) is 14.6 Å². The summed E-state index contributed by atoms with van der Waals surface area (Å²) in [7, 11) is 0. The highest BCUT2D eigenvalue weighted by atomic mass is 32.1. The van der Waals surface area contributed by atoms with Gasteiger partial charge in [0.2, 0.25) is 0 Å². The van der Waals surface area contributed by atoms with Gasteiger partial charge in [0.05, 0.1) is 0 Å². The van der Waals surface area contributed by atoms with Crippen molar-refractivity contribution in [2.45, 2.75) is 50.6 Å². The number of nitrogens with one attached hydrogen (secondary N) is 1. The maximum atomic E-state index is 12.6. The van der Waals surface area contributed by atoms with Gasteiger partial charge in [-0.15, -0.1) is 11.3 Å². The van der Waals surface area contributed by atoms with E-state index in [-0.39, 0.29) is 12.1 Å². The lowest BCUT2D eigenvalue weighted by molar-refractivity contribution is -0.145. The Labute approximate surface area is 127 Å². The van der Waals surface area contributed by atoms with Crippen molar-refractivity contribution in [2.75, 3.05) is 5.32 Å². The number of carboxylic acid groups (broad SMARTS) is 1. The van der Waals surface area contributed by atoms with Gasteiger partial charge in [0, 0.05) is 17.6 Å². The average molecular weight is 309 g/mol. The summed E-state index contributed by atoms with van der Waals surface area (Å²) >= 11 is 1.34. The van der Waals surface area contributed by atoms with Crippen LogP contribution in [0.1, 0.15) is 38.5 Å². The number of aliphatic carboxylic acids is 1. The number of thiazole rings is 1. The van der Waals surface area contributed by atoms with Gasteiger partial charge in [0.1, 0.15) is 6.04 Å². The van der Waals surface area contributed by atoms with E-state index in [0.29, 0.717) is 17.5 Å². The van der Waals surface area contributed by atoms with E-state index in [9.17, 15) is 14.7 Å². The maximum absolute atomic E-state index is 12.6. The van der Waals surface area contributed by atoms with Crippen molar-refractivity contribution in [3.05, 3.63) is 11.6 Å². The molecule has 6 nitrogen and oxygen atoms in total. The van der Waals surface area contributed by atoms with Gasteiger partial charge in [-0.3, -0.25) is 5.32 Å². The summed E-state index contributed by atoms with van der Waals surface area (Å²) in [5.74, 6) is -0.468. The topological polar surface area (TPSA) is 82.5 Å². The van der Waals surface area contributed by atoms with Crippen molar-refractivity contribution in [2.24, 2.45) is 5.92 Å². The first-order valence-electron chi connectivity index (χ1n) is 7.38. The number of anilines is 1. The minimum Gasteiger partial charge on any atom is -0.480 e. The Morgan fingerprint density at radius 2 is 2.10 bits per heavy atom. The van der Waals surface area contributed by atoms with Crippen LogP contribution in [-0.2, 0) is 4.79 Å². The van der Waals surface area contributed by atoms with Gasteiger partial charge >= 0.3 is 12.0 Å². The highest BCUT2D eigenvalue weighted by Gasteiger charge is 2.43. The highest BCUT2D eigenvalue weighted by molar-refractivity contribution is 7.13. The second kappa shape index (κ2) is 6.01. The van der Waals surface area contributed by atoms with Crippen LogP contribution < -0.4 is 5.32 Å². The second-order valence-corrected chi connectivity index (χ2v) is 6.61. The monoisotopic (exact) mass is 309 g/mol. The standard InChI is InChI=1S/C14H19N3O3S/c18-12(19)11-6-5-9-3-1-2-4-10(9)17(11)14(20)16-13-15-7-8-21-13/h7-11H,1-6H2,(H,18,19)(H,15,16,20). The molecular formula is C14H19N3O3S. The lowest BCUT2D eigenvalue weighted by Crippen LogP contribution is -2.58. The Morgan fingerprint density at radius 3 is 2.81 bits per heavy atom. The molecule has 0 bridgehead atoms. The number of nitrogens with zero attached hydrogens (tertiary/aromatic N) is 2. The van der Waals surface area contributed by atoms with E-state index in [4.69, 9.17) is 0 Å². The van der Waals surface area contributed by atoms with Crippen LogP contribution >= 0.6 is 11.3 Å². The minimum atomic E-state index is -0.909. The Kier molecular flexibility index (Phi) is 4.10. The first-order valence-corrected chi connectivity index (χ1v) is 8.26. The van der Waals surface area contributed by atoms with Gasteiger partial charge in [-0.05, 0) is 31.6 Å². The van der Waals surface area contributed by atoms with Crippen molar-refractivity contribution >= 4 is 28.5 Å². The molecule has 0 aromatic carbocycles. The van der Waals surface area contributed by atoms with Gasteiger partial charge in [0.25, 0.3) is 0 Å². The number of piperidine rings is 1. The zero-order valence-corrected chi connectivity index (χ0v) is 12.5. The first kappa shape index (κ1) is 14.3. The normalized spacial score (nSPS) is 28.8. The lowest BCUT2D eigenvalue weighted by atomic mass is 9.76. The van der Waals surface area contributed by atoms with Crippen molar-refractivity contribution in [1.82, 2.24) is 9.88 Å². The SMILES string of the molecule is O=C(O)C1CCC2CCCCC2N1C(=O)Nc1nccs1. The smallest absolute Gasteiger partial charge is 0.326 e. The van der Waals surface area contributed by atoms with Gasteiger partial charge < -0.3 is 10.0 Å². The molecule has 3 unspecified atom stereocenters. The fourth-order valence-electron chi connectivity index (χ4n) is 3.61. The summed E-state index contributed by atoms with van der Waals surface area (Å²) in [6.45, 7) is 0. The number of carboxylic acids is 1. The first-order chi connectivity index (χ1) is 10.2. The molecule has 2 aliphatic rings. The van der Waals surface area contributed by atoms with Crippen LogP contribution in [0.4, 0.5) is 9.93 Å². The molecule has 114 valence electrons. The number of hydrogen-bond acceptors (Lipinski definition) is 4. The van der Waals surface area contributed by atoms with Crippen molar-refractivity contribution in [1.29, 1.82) is 0 Å². The molecule has 2 heterocycles. The number of carbonyl (C=O) groups excluding carboxylic acids is 1. The summed E-state index contributed by atoms with van der Waals surface area (Å²) in [5.41, 5.74) is 0. The molecule has 1 saturated heterocycles. The summed E-state index contributed by atoms with van der Waals surface area (Å²) in [5, 5.41) is 14.5. The summed E-state index contributed by atoms with van der Waals surface area (Å²) in [6.07, 6.45) is 7.31. The zero-order valence-electron chi connectivity index (χ0n) is 11.7. The van der Waals surface area contributed by atoms with E-state index in [1.807, 2.05) is 0 Å². The van der Waals surface area contributed by atoms with Crippen LogP contribution in [0.15, 0.2) is 11.6 Å². The number of likely N-dealkylation sites (tertiary alicyclic amines) is 1. The van der Waals surface area contributed by atoms with Crippen LogP contribution in [-0.4, -0.2) is 39.1 Å². The van der Waals surface area contributed by atoms with Crippen molar-refractivity contribution in [3.8, 4) is 0 Å². The third kappa shape index (κ3) is 2.88. The molecule has 1 aliphatic heterocycles. The summed E-state index contributed by atoms with van der Waals surface area (Å²) in [6, 6.07) is -0.994. The fourth-order valence-corrected chi connectivity index (χ4v) is 4.13. The molecule has 1 aromatic heterocycles. The molecule has 7 heteroatoms. The molecule has 1 aromatic rings. The quantitative estimate of drug-likeness (QED) is 0.880. The zero-order chi connectivity index (χ0) is 14.8. The number of urea groups is 1. The van der Waals surface area contributed by atoms with E-state index in [2.05, 4.69) is 10.3 Å². The maximum Gasteiger partial charge on any atom is 0.326 e. The Morgan fingerprint density at radius 1 is 1.29 bits per heavy atom. The van der Waals surface area contributed by atoms with Crippen molar-refractivity contribution < 1.29 is 14.7 Å². The van der Waals surface area contributed by atoms with E-state index in [0.717, 1.165) is 25.7 Å². The molecule has 21 heavy (non-hydrogen) atoms. The molecular weight excluding hydrogens is 290 g/mol. The number of hydrogen-bond donors (Lipinski definition) is 2. The Bertz CT molecular complexity index is 520. The molecule has 2 fully saturated rings. The van der Waals surface area contributed by atoms with Crippen LogP contribution in [0, 0.1) is 5.92 Å². The van der Waals surface area contributed by atoms with Crippen LogP contribution in [0.25, 0.3) is 0 Å². The Hall–Kier alpha value is -1.63. The molecule has 2 N–H and O–H groups in total. The highest BCUT2D eigenvalue weighted by Crippen LogP contribution is 2.38. The van der Waals surface area contributed by atoms with Gasteiger partial charge in [0.15, 0.2) is 5.13 Å². The molecule has 3 rings (SSSR count). The van der Waals surface area contributed by atoms with Crippen molar-refractivity contribution in [3.63, 3.8) is 0 Å². The molecule has 1 saturated carbocycles. The predicted molar refractivity (Wildman–Crippen MR) is 79.4 cm³/mol. The van der Waals surface area contributed by atoms with E-state index < -0.39 is 12.0 Å². The summed E-state index contributed by atoms with van der Waals surface area (Å²) < 4.78 is 0. The number of aromatic nitrogens is 1. The number of amides is 2. The van der Waals surface area contributed by atoms with Gasteiger partial charge in [-0.2, -0.15) is 0 Å². The lowest BCUT2D eigenvalue weighted by Gasteiger charge is -2.46. The molecule has 1 aliphatic carbocycles. The van der Waals surface area contributed by atoms with Crippen LogP contribution in [0.2, 0.25) is 0 Å². The molecule has 0 spiro atoms. The van der Waals surface area contributed by atoms with Crippen LogP contribution in [0.5, 0.6) is 0 Å². The average Bonchev–Trinajstić information content (AvgIpc) is 2.98. The number of fused-ring (bicyclic) bond motifs is 1.